The van der Waals surface area contributed by atoms with Crippen LogP contribution in [-0.4, -0.2) is 39.9 Å². The topological polar surface area (TPSA) is 76.1 Å². The predicted octanol–water partition coefficient (Wildman–Crippen LogP) is 5.85. The Bertz CT molecular complexity index is 757. The van der Waals surface area contributed by atoms with Crippen molar-refractivity contribution in [1.82, 2.24) is 4.90 Å². The summed E-state index contributed by atoms with van der Waals surface area (Å²) < 4.78 is 12.1. The summed E-state index contributed by atoms with van der Waals surface area (Å²) in [5.74, 6) is -0.790. The van der Waals surface area contributed by atoms with Crippen LogP contribution in [0.5, 0.6) is 0 Å². The van der Waals surface area contributed by atoms with Crippen LogP contribution in [-0.2, 0) is 20.9 Å². The Morgan fingerprint density at radius 2 is 1.81 bits per heavy atom. The summed E-state index contributed by atoms with van der Waals surface area (Å²) in [6.45, 7) is 7.84. The zero-order valence-corrected chi connectivity index (χ0v) is 20.0. The van der Waals surface area contributed by atoms with Crippen LogP contribution >= 0.6 is 0 Å². The van der Waals surface area contributed by atoms with Crippen LogP contribution in [0.2, 0.25) is 0 Å². The van der Waals surface area contributed by atoms with Crippen LogP contribution in [0.4, 0.5) is 4.79 Å². The zero-order valence-electron chi connectivity index (χ0n) is 20.0. The molecule has 2 fully saturated rings. The van der Waals surface area contributed by atoms with E-state index in [1.54, 1.807) is 4.90 Å². The first-order valence-corrected chi connectivity index (χ1v) is 12.1. The standard InChI is InChI=1S/C26H39NO5/c1-18(2)21(24(28)29)16-23-22(15-19-11-7-5-8-12-19)27(26(3,4)32-23)25(30)31-17-20-13-9-6-10-14-20/h6,9-10,13-14,18-19,21-23H,5,7-8,11-12,15-17H2,1-4H3,(H,28,29)/t21?,22-,23-/m0/s1. The Morgan fingerprint density at radius 1 is 1.16 bits per heavy atom. The number of carboxylic acid groups (broad SMARTS) is 1. The highest BCUT2D eigenvalue weighted by Crippen LogP contribution is 2.41. The third-order valence-electron chi connectivity index (χ3n) is 7.09. The number of hydrogen-bond acceptors (Lipinski definition) is 4. The molecule has 32 heavy (non-hydrogen) atoms. The molecule has 1 amide bonds. The minimum absolute atomic E-state index is 0.00590. The van der Waals surface area contributed by atoms with E-state index >= 15 is 0 Å². The molecule has 6 heteroatoms. The van der Waals surface area contributed by atoms with Crippen molar-refractivity contribution < 1.29 is 24.2 Å². The highest BCUT2D eigenvalue weighted by molar-refractivity contribution is 5.71. The second-order valence-corrected chi connectivity index (χ2v) is 10.2. The number of aliphatic carboxylic acids is 1. The van der Waals surface area contributed by atoms with Crippen LogP contribution in [0.15, 0.2) is 30.3 Å². The van der Waals surface area contributed by atoms with E-state index in [0.717, 1.165) is 24.8 Å². The van der Waals surface area contributed by atoms with E-state index in [1.165, 1.54) is 19.3 Å². The lowest BCUT2D eigenvalue weighted by atomic mass is 9.81. The molecule has 1 heterocycles. The van der Waals surface area contributed by atoms with Crippen molar-refractivity contribution in [3.63, 3.8) is 0 Å². The number of carbonyl (C=O) groups excluding carboxylic acids is 1. The van der Waals surface area contributed by atoms with E-state index in [-0.39, 0.29) is 24.7 Å². The largest absolute Gasteiger partial charge is 0.481 e. The molecule has 0 spiro atoms. The highest BCUT2D eigenvalue weighted by Gasteiger charge is 2.52. The van der Waals surface area contributed by atoms with Gasteiger partial charge >= 0.3 is 12.1 Å². The van der Waals surface area contributed by atoms with Gasteiger partial charge in [-0.15, -0.1) is 0 Å². The van der Waals surface area contributed by atoms with Gasteiger partial charge in [-0.1, -0.05) is 76.3 Å². The lowest BCUT2D eigenvalue weighted by molar-refractivity contribution is -0.145. The molecule has 1 aromatic rings. The Morgan fingerprint density at radius 3 is 2.41 bits per heavy atom. The van der Waals surface area contributed by atoms with Gasteiger partial charge in [0.25, 0.3) is 0 Å². The van der Waals surface area contributed by atoms with E-state index < -0.39 is 23.7 Å². The Labute approximate surface area is 192 Å². The van der Waals surface area contributed by atoms with Crippen LogP contribution in [0.3, 0.4) is 0 Å². The third kappa shape index (κ3) is 6.03. The van der Waals surface area contributed by atoms with Crippen molar-refractivity contribution in [2.75, 3.05) is 0 Å². The molecule has 6 nitrogen and oxygen atoms in total. The Balaban J connectivity index is 1.80. The van der Waals surface area contributed by atoms with Gasteiger partial charge in [0.05, 0.1) is 18.1 Å². The van der Waals surface area contributed by atoms with Crippen molar-refractivity contribution in [3.05, 3.63) is 35.9 Å². The lowest BCUT2D eigenvalue weighted by Gasteiger charge is -2.35. The normalized spacial score (nSPS) is 24.5. The molecular weight excluding hydrogens is 406 g/mol. The summed E-state index contributed by atoms with van der Waals surface area (Å²) in [5, 5.41) is 9.77. The molecule has 3 rings (SSSR count). The van der Waals surface area contributed by atoms with Gasteiger partial charge < -0.3 is 14.6 Å². The molecule has 1 aliphatic carbocycles. The summed E-state index contributed by atoms with van der Waals surface area (Å²) in [6.07, 6.45) is 6.53. The third-order valence-corrected chi connectivity index (χ3v) is 7.09. The van der Waals surface area contributed by atoms with E-state index in [9.17, 15) is 14.7 Å². The molecule has 2 aliphatic rings. The maximum absolute atomic E-state index is 13.3. The molecule has 0 aromatic heterocycles. The molecule has 0 radical (unpaired) electrons. The maximum Gasteiger partial charge on any atom is 0.412 e. The fraction of sp³-hybridized carbons (Fsp3) is 0.692. The second-order valence-electron chi connectivity index (χ2n) is 10.2. The average molecular weight is 446 g/mol. The quantitative estimate of drug-likeness (QED) is 0.543. The SMILES string of the molecule is CC(C)C(C[C@@H]1OC(C)(C)N(C(=O)OCc2ccccc2)[C@H]1CC1CCCCC1)C(=O)O. The molecule has 0 bridgehead atoms. The van der Waals surface area contributed by atoms with Gasteiger partial charge in [-0.2, -0.15) is 0 Å². The zero-order chi connectivity index (χ0) is 23.3. The van der Waals surface area contributed by atoms with E-state index in [2.05, 4.69) is 0 Å². The Hall–Kier alpha value is -2.08. The number of carbonyl (C=O) groups is 2. The summed E-state index contributed by atoms with van der Waals surface area (Å²) >= 11 is 0. The summed E-state index contributed by atoms with van der Waals surface area (Å²) in [4.78, 5) is 26.9. The van der Waals surface area contributed by atoms with Gasteiger partial charge in [-0.3, -0.25) is 9.69 Å². The van der Waals surface area contributed by atoms with Gasteiger partial charge in [-0.05, 0) is 44.1 Å². The minimum atomic E-state index is -0.849. The molecule has 1 N–H and O–H groups in total. The summed E-state index contributed by atoms with van der Waals surface area (Å²) in [5.41, 5.74) is 0.0857. The minimum Gasteiger partial charge on any atom is -0.481 e. The first-order valence-electron chi connectivity index (χ1n) is 12.1. The predicted molar refractivity (Wildman–Crippen MR) is 123 cm³/mol. The fourth-order valence-corrected chi connectivity index (χ4v) is 5.35. The Kier molecular flexibility index (Phi) is 8.21. The van der Waals surface area contributed by atoms with Gasteiger partial charge in [-0.25, -0.2) is 4.79 Å². The fourth-order valence-electron chi connectivity index (χ4n) is 5.35. The number of benzene rings is 1. The molecule has 1 unspecified atom stereocenters. The maximum atomic E-state index is 13.3. The van der Waals surface area contributed by atoms with Crippen molar-refractivity contribution in [3.8, 4) is 0 Å². The first kappa shape index (κ1) is 24.6. The number of carboxylic acids is 1. The van der Waals surface area contributed by atoms with E-state index in [1.807, 2.05) is 58.0 Å². The van der Waals surface area contributed by atoms with Crippen LogP contribution in [0.1, 0.15) is 78.2 Å². The van der Waals surface area contributed by atoms with Crippen molar-refractivity contribution >= 4 is 12.1 Å². The molecule has 3 atom stereocenters. The number of hydrogen-bond donors (Lipinski definition) is 1. The van der Waals surface area contributed by atoms with Crippen LogP contribution in [0, 0.1) is 17.8 Å². The molecular formula is C26H39NO5. The smallest absolute Gasteiger partial charge is 0.412 e. The number of ether oxygens (including phenoxy) is 2. The van der Waals surface area contributed by atoms with Crippen molar-refractivity contribution in [2.45, 2.75) is 97.1 Å². The first-order chi connectivity index (χ1) is 15.2. The van der Waals surface area contributed by atoms with Gasteiger partial charge in [0.1, 0.15) is 12.3 Å². The number of amides is 1. The van der Waals surface area contributed by atoms with Crippen molar-refractivity contribution in [2.24, 2.45) is 17.8 Å². The van der Waals surface area contributed by atoms with Gasteiger partial charge in [0.2, 0.25) is 0 Å². The number of nitrogens with zero attached hydrogens (tertiary/aromatic N) is 1. The van der Waals surface area contributed by atoms with Crippen molar-refractivity contribution in [1.29, 1.82) is 0 Å². The molecule has 1 saturated heterocycles. The number of rotatable bonds is 8. The van der Waals surface area contributed by atoms with Crippen LogP contribution in [0.25, 0.3) is 0 Å². The van der Waals surface area contributed by atoms with E-state index in [0.29, 0.717) is 12.3 Å². The lowest BCUT2D eigenvalue weighted by Crippen LogP contribution is -2.49. The molecule has 1 aromatic carbocycles. The second kappa shape index (κ2) is 10.7. The molecule has 1 saturated carbocycles. The summed E-state index contributed by atoms with van der Waals surface area (Å²) in [6, 6.07) is 9.46. The summed E-state index contributed by atoms with van der Waals surface area (Å²) in [7, 11) is 0. The van der Waals surface area contributed by atoms with Gasteiger partial charge in [0, 0.05) is 0 Å². The average Bonchev–Trinajstić information content (AvgIpc) is 3.00. The monoisotopic (exact) mass is 445 g/mol. The molecule has 178 valence electrons. The molecule has 1 aliphatic heterocycles. The van der Waals surface area contributed by atoms with Gasteiger partial charge in [0.15, 0.2) is 0 Å². The van der Waals surface area contributed by atoms with E-state index in [4.69, 9.17) is 9.47 Å². The van der Waals surface area contributed by atoms with Crippen LogP contribution < -0.4 is 0 Å². The highest BCUT2D eigenvalue weighted by atomic mass is 16.6.